The van der Waals surface area contributed by atoms with Crippen LogP contribution in [0.15, 0.2) is 59.1 Å². The Hall–Kier alpha value is -2.58. The molecule has 198 valence electrons. The minimum absolute atomic E-state index is 0.133. The first-order chi connectivity index (χ1) is 18.5. The Morgan fingerprint density at radius 3 is 2.24 bits per heavy atom. The number of halogens is 1. The maximum atomic E-state index is 14.1. The first kappa shape index (κ1) is 25.7. The van der Waals surface area contributed by atoms with Crippen molar-refractivity contribution in [1.29, 1.82) is 0 Å². The van der Waals surface area contributed by atoms with E-state index < -0.39 is 0 Å². The van der Waals surface area contributed by atoms with E-state index in [1.165, 1.54) is 36.2 Å². The quantitative estimate of drug-likeness (QED) is 0.304. The zero-order chi connectivity index (χ0) is 26.1. The van der Waals surface area contributed by atoms with Crippen LogP contribution in [-0.4, -0.2) is 40.0 Å². The Morgan fingerprint density at radius 1 is 0.921 bits per heavy atom. The number of aromatic nitrogens is 2. The molecule has 3 aromatic rings. The van der Waals surface area contributed by atoms with E-state index in [1.54, 1.807) is 0 Å². The SMILES string of the molecule is O=C(CCN(CCc1ccccc1)C(=O)C12CC3CC(CC(C3)C1)C2)Nc1nnc(-c2ccc(Br)cc2)s1. The van der Waals surface area contributed by atoms with Crippen molar-refractivity contribution in [2.24, 2.45) is 23.2 Å². The van der Waals surface area contributed by atoms with E-state index in [4.69, 9.17) is 0 Å². The number of carbonyl (C=O) groups excluding carboxylic acids is 2. The highest BCUT2D eigenvalue weighted by Crippen LogP contribution is 2.60. The van der Waals surface area contributed by atoms with Gasteiger partial charge in [0.2, 0.25) is 16.9 Å². The molecule has 4 bridgehead atoms. The first-order valence-electron chi connectivity index (χ1n) is 13.7. The largest absolute Gasteiger partial charge is 0.341 e. The molecule has 1 aromatic heterocycles. The molecule has 4 fully saturated rings. The third-order valence-electron chi connectivity index (χ3n) is 8.66. The van der Waals surface area contributed by atoms with Crippen molar-refractivity contribution in [3.8, 4) is 10.6 Å². The monoisotopic (exact) mass is 592 g/mol. The van der Waals surface area contributed by atoms with Gasteiger partial charge in [-0.25, -0.2) is 0 Å². The van der Waals surface area contributed by atoms with Crippen LogP contribution in [0.3, 0.4) is 0 Å². The molecule has 0 spiro atoms. The fraction of sp³-hybridized carbons (Fsp3) is 0.467. The third kappa shape index (κ3) is 5.57. The second-order valence-electron chi connectivity index (χ2n) is 11.4. The summed E-state index contributed by atoms with van der Waals surface area (Å²) in [6, 6.07) is 18.2. The molecule has 1 N–H and O–H groups in total. The molecule has 6 nitrogen and oxygen atoms in total. The first-order valence-corrected chi connectivity index (χ1v) is 15.3. The number of hydrogen-bond donors (Lipinski definition) is 1. The Bertz CT molecular complexity index is 1260. The lowest BCUT2D eigenvalue weighted by Crippen LogP contribution is -2.55. The number of rotatable bonds is 9. The zero-order valence-corrected chi connectivity index (χ0v) is 23.8. The standard InChI is InChI=1S/C30H33BrN4O2S/c31-25-8-6-24(7-9-25)27-33-34-29(38-27)32-26(36)11-13-35(12-10-20-4-2-1-3-5-20)28(37)30-17-21-14-22(18-30)16-23(15-21)19-30/h1-9,21-23H,10-19H2,(H,32,34,36). The average Bonchev–Trinajstić information content (AvgIpc) is 3.37. The summed E-state index contributed by atoms with van der Waals surface area (Å²) >= 11 is 4.80. The van der Waals surface area contributed by atoms with Crippen LogP contribution in [-0.2, 0) is 16.0 Å². The van der Waals surface area contributed by atoms with Crippen molar-refractivity contribution < 1.29 is 9.59 Å². The van der Waals surface area contributed by atoms with Gasteiger partial charge in [0.05, 0.1) is 5.41 Å². The van der Waals surface area contributed by atoms with E-state index in [0.29, 0.717) is 36.0 Å². The summed E-state index contributed by atoms with van der Waals surface area (Å²) in [6.07, 6.45) is 8.09. The number of hydrogen-bond acceptors (Lipinski definition) is 5. The van der Waals surface area contributed by atoms with Crippen LogP contribution in [0.5, 0.6) is 0 Å². The van der Waals surface area contributed by atoms with Crippen LogP contribution in [0.25, 0.3) is 10.6 Å². The fourth-order valence-corrected chi connectivity index (χ4v) is 8.36. The molecule has 0 unspecified atom stereocenters. The number of anilines is 1. The van der Waals surface area contributed by atoms with E-state index in [0.717, 1.165) is 40.7 Å². The number of benzene rings is 2. The Balaban J connectivity index is 1.12. The molecule has 7 rings (SSSR count). The van der Waals surface area contributed by atoms with Crippen LogP contribution in [0.4, 0.5) is 5.13 Å². The van der Waals surface area contributed by atoms with E-state index >= 15 is 0 Å². The third-order valence-corrected chi connectivity index (χ3v) is 10.1. The van der Waals surface area contributed by atoms with E-state index in [1.807, 2.05) is 47.4 Å². The zero-order valence-electron chi connectivity index (χ0n) is 21.4. The molecule has 0 aliphatic heterocycles. The highest BCUT2D eigenvalue weighted by molar-refractivity contribution is 9.10. The molecule has 38 heavy (non-hydrogen) atoms. The maximum absolute atomic E-state index is 14.1. The smallest absolute Gasteiger partial charge is 0.228 e. The van der Waals surface area contributed by atoms with Crippen molar-refractivity contribution in [3.05, 3.63) is 64.6 Å². The van der Waals surface area contributed by atoms with Gasteiger partial charge < -0.3 is 10.2 Å². The normalized spacial score (nSPS) is 25.3. The molecule has 2 amide bonds. The van der Waals surface area contributed by atoms with Crippen LogP contribution in [0.1, 0.15) is 50.5 Å². The van der Waals surface area contributed by atoms with Gasteiger partial charge in [0, 0.05) is 29.5 Å². The molecule has 1 heterocycles. The predicted molar refractivity (Wildman–Crippen MR) is 154 cm³/mol. The van der Waals surface area contributed by atoms with Crippen LogP contribution >= 0.6 is 27.3 Å². The predicted octanol–water partition coefficient (Wildman–Crippen LogP) is 6.58. The van der Waals surface area contributed by atoms with Gasteiger partial charge in [0.25, 0.3) is 0 Å². The molecule has 4 aliphatic rings. The van der Waals surface area contributed by atoms with Crippen molar-refractivity contribution in [1.82, 2.24) is 15.1 Å². The highest BCUT2D eigenvalue weighted by atomic mass is 79.9. The van der Waals surface area contributed by atoms with Gasteiger partial charge in [0.15, 0.2) is 0 Å². The lowest BCUT2D eigenvalue weighted by molar-refractivity contribution is -0.157. The summed E-state index contributed by atoms with van der Waals surface area (Å²) in [5.41, 5.74) is 1.97. The molecule has 0 atom stereocenters. The number of amides is 2. The molecular weight excluding hydrogens is 560 g/mol. The Kier molecular flexibility index (Phi) is 7.36. The molecular formula is C30H33BrN4O2S. The summed E-state index contributed by atoms with van der Waals surface area (Å²) in [6.45, 7) is 1.07. The molecule has 2 aromatic carbocycles. The molecule has 4 aliphatic carbocycles. The van der Waals surface area contributed by atoms with Crippen molar-refractivity contribution in [2.75, 3.05) is 18.4 Å². The summed E-state index contributed by atoms with van der Waals surface area (Å²) in [5.74, 6) is 2.28. The van der Waals surface area contributed by atoms with Gasteiger partial charge in [-0.2, -0.15) is 0 Å². The highest BCUT2D eigenvalue weighted by Gasteiger charge is 2.55. The number of carbonyl (C=O) groups is 2. The van der Waals surface area contributed by atoms with Gasteiger partial charge in [-0.3, -0.25) is 9.59 Å². The average molecular weight is 594 g/mol. The van der Waals surface area contributed by atoms with E-state index in [9.17, 15) is 9.59 Å². The minimum Gasteiger partial charge on any atom is -0.341 e. The van der Waals surface area contributed by atoms with Crippen molar-refractivity contribution in [2.45, 2.75) is 51.4 Å². The van der Waals surface area contributed by atoms with E-state index in [-0.39, 0.29) is 23.7 Å². The Labute approximate surface area is 236 Å². The van der Waals surface area contributed by atoms with Crippen molar-refractivity contribution in [3.63, 3.8) is 0 Å². The van der Waals surface area contributed by atoms with Gasteiger partial charge in [-0.15, -0.1) is 10.2 Å². The minimum atomic E-state index is -0.208. The summed E-state index contributed by atoms with van der Waals surface area (Å²) < 4.78 is 0.999. The van der Waals surface area contributed by atoms with Gasteiger partial charge in [-0.05, 0) is 80.4 Å². The van der Waals surface area contributed by atoms with Crippen molar-refractivity contribution >= 4 is 44.2 Å². The van der Waals surface area contributed by atoms with Crippen LogP contribution in [0.2, 0.25) is 0 Å². The summed E-state index contributed by atoms with van der Waals surface area (Å²) in [4.78, 5) is 29.1. The lowest BCUT2D eigenvalue weighted by atomic mass is 9.49. The van der Waals surface area contributed by atoms with Crippen LogP contribution < -0.4 is 5.32 Å². The van der Waals surface area contributed by atoms with Gasteiger partial charge in [-0.1, -0.05) is 69.7 Å². The van der Waals surface area contributed by atoms with E-state index in [2.05, 4.69) is 43.6 Å². The fourth-order valence-electron chi connectivity index (χ4n) is 7.33. The lowest BCUT2D eigenvalue weighted by Gasteiger charge is -2.56. The topological polar surface area (TPSA) is 75.2 Å². The maximum Gasteiger partial charge on any atom is 0.228 e. The van der Waals surface area contributed by atoms with Gasteiger partial charge >= 0.3 is 0 Å². The Morgan fingerprint density at radius 2 is 1.58 bits per heavy atom. The molecule has 0 saturated heterocycles. The molecule has 0 radical (unpaired) electrons. The second-order valence-corrected chi connectivity index (χ2v) is 13.3. The second kappa shape index (κ2) is 10.9. The molecule has 8 heteroatoms. The summed E-state index contributed by atoms with van der Waals surface area (Å²) in [7, 11) is 0. The number of nitrogens with zero attached hydrogens (tertiary/aromatic N) is 3. The molecule has 4 saturated carbocycles. The number of nitrogens with one attached hydrogen (secondary N) is 1. The van der Waals surface area contributed by atoms with Gasteiger partial charge in [0.1, 0.15) is 5.01 Å². The van der Waals surface area contributed by atoms with Crippen LogP contribution in [0, 0.1) is 23.2 Å². The summed E-state index contributed by atoms with van der Waals surface area (Å²) in [5, 5.41) is 12.5.